The fraction of sp³-hybridized carbons (Fsp3) is 0.588. The molecule has 0 aliphatic heterocycles. The highest BCUT2D eigenvalue weighted by Crippen LogP contribution is 2.38. The molecule has 1 aromatic heterocycles. The molecular weight excluding hydrogens is 266 g/mol. The van der Waals surface area contributed by atoms with Gasteiger partial charge in [0.2, 0.25) is 0 Å². The van der Waals surface area contributed by atoms with Gasteiger partial charge in [0.05, 0.1) is 16.3 Å². The summed E-state index contributed by atoms with van der Waals surface area (Å²) < 4.78 is 7.05. The summed E-state index contributed by atoms with van der Waals surface area (Å²) >= 11 is 1.78. The van der Waals surface area contributed by atoms with Gasteiger partial charge in [0.15, 0.2) is 0 Å². The largest absolute Gasteiger partial charge is 0.492 e. The lowest BCUT2D eigenvalue weighted by Crippen LogP contribution is -2.11. The summed E-state index contributed by atoms with van der Waals surface area (Å²) in [6.07, 6.45) is 0. The molecule has 0 radical (unpaired) electrons. The zero-order valence-corrected chi connectivity index (χ0v) is 14.4. The quantitative estimate of drug-likeness (QED) is 0.750. The zero-order chi connectivity index (χ0) is 15.1. The van der Waals surface area contributed by atoms with Crippen molar-refractivity contribution < 1.29 is 4.74 Å². The molecule has 0 saturated heterocycles. The van der Waals surface area contributed by atoms with Gasteiger partial charge in [0.1, 0.15) is 11.3 Å². The molecule has 3 heteroatoms. The van der Waals surface area contributed by atoms with Crippen molar-refractivity contribution in [2.75, 3.05) is 6.61 Å². The minimum atomic E-state index is 0.0784. The van der Waals surface area contributed by atoms with E-state index in [0.717, 1.165) is 11.3 Å². The van der Waals surface area contributed by atoms with Gasteiger partial charge in [-0.25, -0.2) is 4.98 Å². The summed E-state index contributed by atoms with van der Waals surface area (Å²) in [5.74, 6) is 0.918. The second-order valence-electron chi connectivity index (χ2n) is 7.27. The van der Waals surface area contributed by atoms with Crippen LogP contribution in [0.4, 0.5) is 0 Å². The predicted molar refractivity (Wildman–Crippen MR) is 88.2 cm³/mol. The monoisotopic (exact) mass is 291 g/mol. The standard InChI is InChI=1S/C17H25NOS/c1-8-19-12-9-11(16(2,3)4)10-13-14(12)18-15(20-13)17(5,6)7/h9-10H,8H2,1-7H3. The van der Waals surface area contributed by atoms with E-state index in [9.17, 15) is 0 Å². The first-order valence-electron chi connectivity index (χ1n) is 7.21. The van der Waals surface area contributed by atoms with Crippen molar-refractivity contribution in [1.29, 1.82) is 0 Å². The lowest BCUT2D eigenvalue weighted by molar-refractivity contribution is 0.342. The van der Waals surface area contributed by atoms with Gasteiger partial charge in [0, 0.05) is 5.41 Å². The Morgan fingerprint density at radius 2 is 1.70 bits per heavy atom. The second kappa shape index (κ2) is 5.03. The normalized spacial score (nSPS) is 12.9. The van der Waals surface area contributed by atoms with Gasteiger partial charge >= 0.3 is 0 Å². The van der Waals surface area contributed by atoms with Crippen LogP contribution in [0, 0.1) is 0 Å². The molecule has 2 nitrogen and oxygen atoms in total. The van der Waals surface area contributed by atoms with Crippen LogP contribution in [0.1, 0.15) is 59.0 Å². The first-order chi connectivity index (χ1) is 9.13. The van der Waals surface area contributed by atoms with E-state index in [4.69, 9.17) is 9.72 Å². The summed E-state index contributed by atoms with van der Waals surface area (Å²) in [5, 5.41) is 1.17. The third-order valence-corrected chi connectivity index (χ3v) is 4.70. The molecule has 0 unspecified atom stereocenters. The van der Waals surface area contributed by atoms with Crippen LogP contribution in [-0.4, -0.2) is 11.6 Å². The Hall–Kier alpha value is -1.09. The molecule has 0 aliphatic carbocycles. The van der Waals surface area contributed by atoms with Crippen molar-refractivity contribution in [2.24, 2.45) is 0 Å². The number of hydrogen-bond acceptors (Lipinski definition) is 3. The highest BCUT2D eigenvalue weighted by Gasteiger charge is 2.23. The summed E-state index contributed by atoms with van der Waals surface area (Å²) in [6.45, 7) is 16.0. The number of aromatic nitrogens is 1. The minimum Gasteiger partial charge on any atom is -0.492 e. The van der Waals surface area contributed by atoms with Gasteiger partial charge in [-0.2, -0.15) is 0 Å². The van der Waals surface area contributed by atoms with Crippen LogP contribution in [0.5, 0.6) is 5.75 Å². The molecule has 20 heavy (non-hydrogen) atoms. The molecule has 0 aliphatic rings. The van der Waals surface area contributed by atoms with Gasteiger partial charge in [0.25, 0.3) is 0 Å². The molecule has 0 amide bonds. The fourth-order valence-corrected chi connectivity index (χ4v) is 3.10. The molecule has 0 spiro atoms. The highest BCUT2D eigenvalue weighted by atomic mass is 32.1. The van der Waals surface area contributed by atoms with E-state index in [2.05, 4.69) is 53.7 Å². The van der Waals surface area contributed by atoms with Crippen LogP contribution in [0.3, 0.4) is 0 Å². The van der Waals surface area contributed by atoms with Crippen LogP contribution in [-0.2, 0) is 10.8 Å². The minimum absolute atomic E-state index is 0.0784. The maximum atomic E-state index is 5.83. The summed E-state index contributed by atoms with van der Waals surface area (Å²) in [6, 6.07) is 4.42. The lowest BCUT2D eigenvalue weighted by atomic mass is 9.87. The summed E-state index contributed by atoms with van der Waals surface area (Å²) in [5.41, 5.74) is 2.51. The zero-order valence-electron chi connectivity index (χ0n) is 13.6. The molecule has 2 aromatic rings. The van der Waals surface area contributed by atoms with E-state index in [0.29, 0.717) is 6.61 Å². The van der Waals surface area contributed by atoms with E-state index >= 15 is 0 Å². The van der Waals surface area contributed by atoms with Gasteiger partial charge < -0.3 is 4.74 Å². The molecule has 1 heterocycles. The van der Waals surface area contributed by atoms with E-state index in [1.54, 1.807) is 11.3 Å². The number of benzene rings is 1. The average Bonchev–Trinajstić information content (AvgIpc) is 2.71. The fourth-order valence-electron chi connectivity index (χ4n) is 2.02. The molecule has 0 atom stereocenters. The Kier molecular flexibility index (Phi) is 3.85. The lowest BCUT2D eigenvalue weighted by Gasteiger charge is -2.20. The maximum absolute atomic E-state index is 5.83. The Bertz CT molecular complexity index is 614. The SMILES string of the molecule is CCOc1cc(C(C)(C)C)cc2sc(C(C)(C)C)nc12. The van der Waals surface area contributed by atoms with Gasteiger partial charge in [-0.05, 0) is 30.0 Å². The van der Waals surface area contributed by atoms with Crippen LogP contribution in [0.25, 0.3) is 10.2 Å². The Labute approximate surface area is 126 Å². The Balaban J connectivity index is 2.68. The maximum Gasteiger partial charge on any atom is 0.146 e. The molecule has 0 saturated carbocycles. The summed E-state index contributed by atoms with van der Waals surface area (Å²) in [7, 11) is 0. The molecule has 0 N–H and O–H groups in total. The molecular formula is C17H25NOS. The van der Waals surface area contributed by atoms with Crippen LogP contribution in [0.2, 0.25) is 0 Å². The second-order valence-corrected chi connectivity index (χ2v) is 8.30. The van der Waals surface area contributed by atoms with Gasteiger partial charge in [-0.3, -0.25) is 0 Å². The van der Waals surface area contributed by atoms with Crippen LogP contribution >= 0.6 is 11.3 Å². The van der Waals surface area contributed by atoms with Crippen molar-refractivity contribution >= 4 is 21.6 Å². The third-order valence-electron chi connectivity index (χ3n) is 3.27. The number of rotatable bonds is 2. The van der Waals surface area contributed by atoms with Crippen molar-refractivity contribution in [3.8, 4) is 5.75 Å². The number of fused-ring (bicyclic) bond motifs is 1. The van der Waals surface area contributed by atoms with E-state index in [-0.39, 0.29) is 10.8 Å². The van der Waals surface area contributed by atoms with Crippen molar-refractivity contribution in [2.45, 2.75) is 59.3 Å². The van der Waals surface area contributed by atoms with Crippen molar-refractivity contribution in [3.63, 3.8) is 0 Å². The van der Waals surface area contributed by atoms with Crippen molar-refractivity contribution in [1.82, 2.24) is 4.98 Å². The smallest absolute Gasteiger partial charge is 0.146 e. The average molecular weight is 291 g/mol. The topological polar surface area (TPSA) is 22.1 Å². The van der Waals surface area contributed by atoms with E-state index in [1.165, 1.54) is 15.3 Å². The molecule has 0 fully saturated rings. The third kappa shape index (κ3) is 2.98. The van der Waals surface area contributed by atoms with Gasteiger partial charge in [-0.15, -0.1) is 11.3 Å². The molecule has 2 rings (SSSR count). The van der Waals surface area contributed by atoms with Crippen molar-refractivity contribution in [3.05, 3.63) is 22.7 Å². The van der Waals surface area contributed by atoms with E-state index in [1.807, 2.05) is 6.92 Å². The number of thiazole rings is 1. The Morgan fingerprint density at radius 3 is 2.20 bits per heavy atom. The first kappa shape index (κ1) is 15.3. The molecule has 1 aromatic carbocycles. The van der Waals surface area contributed by atoms with E-state index < -0.39 is 0 Å². The number of nitrogens with zero attached hydrogens (tertiary/aromatic N) is 1. The Morgan fingerprint density at radius 1 is 1.05 bits per heavy atom. The number of hydrogen-bond donors (Lipinski definition) is 0. The summed E-state index contributed by atoms with van der Waals surface area (Å²) in [4.78, 5) is 4.82. The van der Waals surface area contributed by atoms with Crippen LogP contribution < -0.4 is 4.74 Å². The molecule has 110 valence electrons. The predicted octanol–water partition coefficient (Wildman–Crippen LogP) is 5.29. The first-order valence-corrected chi connectivity index (χ1v) is 8.03. The number of ether oxygens (including phenoxy) is 1. The van der Waals surface area contributed by atoms with Crippen LogP contribution in [0.15, 0.2) is 12.1 Å². The highest BCUT2D eigenvalue weighted by molar-refractivity contribution is 7.18. The molecule has 0 bridgehead atoms. The van der Waals surface area contributed by atoms with Gasteiger partial charge in [-0.1, -0.05) is 41.5 Å².